The standard InChI is InChI=1S/C14H25NO4/c1-14(2,10-6-4-5-7-10)13(18)15-11(12(16)17)8-9-19-3/h10-11H,4-9H2,1-3H3,(H,15,18)(H,16,17). The van der Waals surface area contributed by atoms with Crippen LogP contribution in [0.1, 0.15) is 46.0 Å². The molecular weight excluding hydrogens is 246 g/mol. The third-order valence-corrected chi connectivity index (χ3v) is 4.18. The Bertz CT molecular complexity index is 321. The van der Waals surface area contributed by atoms with Crippen molar-refractivity contribution in [2.75, 3.05) is 13.7 Å². The number of rotatable bonds is 7. The molecule has 0 heterocycles. The number of carbonyl (C=O) groups excluding carboxylic acids is 1. The summed E-state index contributed by atoms with van der Waals surface area (Å²) < 4.78 is 4.87. The number of carboxylic acid groups (broad SMARTS) is 1. The van der Waals surface area contributed by atoms with E-state index >= 15 is 0 Å². The Morgan fingerprint density at radius 1 is 1.37 bits per heavy atom. The third-order valence-electron chi connectivity index (χ3n) is 4.18. The fraction of sp³-hybridized carbons (Fsp3) is 0.857. The van der Waals surface area contributed by atoms with Gasteiger partial charge < -0.3 is 15.2 Å². The number of ether oxygens (including phenoxy) is 1. The van der Waals surface area contributed by atoms with Crippen LogP contribution in [0.5, 0.6) is 0 Å². The van der Waals surface area contributed by atoms with Crippen molar-refractivity contribution in [2.45, 2.75) is 52.0 Å². The van der Waals surface area contributed by atoms with Gasteiger partial charge in [0.25, 0.3) is 0 Å². The predicted octanol–water partition coefficient (Wildman–Crippen LogP) is 1.81. The molecule has 1 unspecified atom stereocenters. The summed E-state index contributed by atoms with van der Waals surface area (Å²) in [5.74, 6) is -0.820. The first-order chi connectivity index (χ1) is 8.89. The maximum atomic E-state index is 12.3. The molecule has 0 spiro atoms. The summed E-state index contributed by atoms with van der Waals surface area (Å²) in [7, 11) is 1.52. The number of nitrogens with one attached hydrogen (secondary N) is 1. The van der Waals surface area contributed by atoms with Gasteiger partial charge in [0.15, 0.2) is 0 Å². The lowest BCUT2D eigenvalue weighted by molar-refractivity contribution is -0.144. The zero-order valence-corrected chi connectivity index (χ0v) is 12.1. The molecule has 0 aromatic rings. The van der Waals surface area contributed by atoms with Crippen molar-refractivity contribution in [3.05, 3.63) is 0 Å². The number of carboxylic acids is 1. The van der Waals surface area contributed by atoms with Crippen LogP contribution in [0.25, 0.3) is 0 Å². The SMILES string of the molecule is COCCC(NC(=O)C(C)(C)C1CCCC1)C(=O)O. The van der Waals surface area contributed by atoms with Crippen LogP contribution in [0.4, 0.5) is 0 Å². The van der Waals surface area contributed by atoms with E-state index in [0.717, 1.165) is 25.7 Å². The highest BCUT2D eigenvalue weighted by Crippen LogP contribution is 2.39. The van der Waals surface area contributed by atoms with E-state index in [1.807, 2.05) is 13.8 Å². The van der Waals surface area contributed by atoms with Crippen LogP contribution < -0.4 is 5.32 Å². The Kier molecular flexibility index (Phi) is 5.79. The molecular formula is C14H25NO4. The Labute approximate surface area is 114 Å². The third kappa shape index (κ3) is 4.20. The van der Waals surface area contributed by atoms with Gasteiger partial charge in [0, 0.05) is 25.6 Å². The molecule has 1 atom stereocenters. The lowest BCUT2D eigenvalue weighted by Crippen LogP contribution is -2.49. The lowest BCUT2D eigenvalue weighted by Gasteiger charge is -2.31. The fourth-order valence-corrected chi connectivity index (χ4v) is 2.67. The van der Waals surface area contributed by atoms with E-state index in [1.165, 1.54) is 7.11 Å². The second kappa shape index (κ2) is 6.89. The molecule has 0 aromatic heterocycles. The minimum atomic E-state index is -1.01. The second-order valence-electron chi connectivity index (χ2n) is 5.85. The summed E-state index contributed by atoms with van der Waals surface area (Å²) in [6.07, 6.45) is 4.71. The summed E-state index contributed by atoms with van der Waals surface area (Å²) in [4.78, 5) is 23.4. The lowest BCUT2D eigenvalue weighted by atomic mass is 9.77. The highest BCUT2D eigenvalue weighted by molar-refractivity contribution is 5.87. The first-order valence-corrected chi connectivity index (χ1v) is 6.92. The van der Waals surface area contributed by atoms with Crippen molar-refractivity contribution in [3.8, 4) is 0 Å². The van der Waals surface area contributed by atoms with Crippen molar-refractivity contribution in [3.63, 3.8) is 0 Å². The van der Waals surface area contributed by atoms with Gasteiger partial charge in [-0.05, 0) is 18.8 Å². The molecule has 1 fully saturated rings. The van der Waals surface area contributed by atoms with Gasteiger partial charge in [-0.2, -0.15) is 0 Å². The van der Waals surface area contributed by atoms with E-state index in [2.05, 4.69) is 5.32 Å². The van der Waals surface area contributed by atoms with Crippen molar-refractivity contribution in [1.82, 2.24) is 5.32 Å². The maximum Gasteiger partial charge on any atom is 0.326 e. The van der Waals surface area contributed by atoms with E-state index in [4.69, 9.17) is 9.84 Å². The van der Waals surface area contributed by atoms with Crippen LogP contribution in [0.2, 0.25) is 0 Å². The number of carbonyl (C=O) groups is 2. The fourth-order valence-electron chi connectivity index (χ4n) is 2.67. The molecule has 0 aromatic carbocycles. The summed E-state index contributed by atoms with van der Waals surface area (Å²) in [5, 5.41) is 11.8. The quantitative estimate of drug-likeness (QED) is 0.740. The van der Waals surface area contributed by atoms with Crippen LogP contribution in [-0.4, -0.2) is 36.7 Å². The van der Waals surface area contributed by atoms with E-state index in [0.29, 0.717) is 18.9 Å². The average molecular weight is 271 g/mol. The molecule has 0 radical (unpaired) electrons. The van der Waals surface area contributed by atoms with Crippen LogP contribution in [0, 0.1) is 11.3 Å². The number of amides is 1. The van der Waals surface area contributed by atoms with Gasteiger partial charge in [-0.1, -0.05) is 26.7 Å². The van der Waals surface area contributed by atoms with Crippen molar-refractivity contribution < 1.29 is 19.4 Å². The molecule has 0 bridgehead atoms. The molecule has 19 heavy (non-hydrogen) atoms. The molecule has 1 aliphatic carbocycles. The molecule has 1 amide bonds. The first kappa shape index (κ1) is 16.0. The van der Waals surface area contributed by atoms with E-state index < -0.39 is 17.4 Å². The Balaban J connectivity index is 2.61. The number of aliphatic carboxylic acids is 1. The van der Waals surface area contributed by atoms with Gasteiger partial charge in [-0.15, -0.1) is 0 Å². The molecule has 5 heteroatoms. The van der Waals surface area contributed by atoms with E-state index in [1.54, 1.807) is 0 Å². The topological polar surface area (TPSA) is 75.6 Å². The Hall–Kier alpha value is -1.10. The van der Waals surface area contributed by atoms with Gasteiger partial charge >= 0.3 is 5.97 Å². The van der Waals surface area contributed by atoms with Crippen molar-refractivity contribution in [1.29, 1.82) is 0 Å². The Morgan fingerprint density at radius 3 is 2.42 bits per heavy atom. The predicted molar refractivity (Wildman–Crippen MR) is 71.8 cm³/mol. The maximum absolute atomic E-state index is 12.3. The molecule has 0 saturated heterocycles. The number of hydrogen-bond acceptors (Lipinski definition) is 3. The smallest absolute Gasteiger partial charge is 0.326 e. The van der Waals surface area contributed by atoms with Gasteiger partial charge in [0.1, 0.15) is 6.04 Å². The van der Waals surface area contributed by atoms with Gasteiger partial charge in [0.05, 0.1) is 0 Å². The second-order valence-corrected chi connectivity index (χ2v) is 5.85. The Morgan fingerprint density at radius 2 is 1.95 bits per heavy atom. The highest BCUT2D eigenvalue weighted by atomic mass is 16.5. The monoisotopic (exact) mass is 271 g/mol. The van der Waals surface area contributed by atoms with Crippen molar-refractivity contribution in [2.24, 2.45) is 11.3 Å². The van der Waals surface area contributed by atoms with Crippen LogP contribution in [-0.2, 0) is 14.3 Å². The minimum Gasteiger partial charge on any atom is -0.480 e. The van der Waals surface area contributed by atoms with Crippen LogP contribution >= 0.6 is 0 Å². The molecule has 1 aliphatic rings. The summed E-state index contributed by atoms with van der Waals surface area (Å²) in [5.41, 5.74) is -0.503. The summed E-state index contributed by atoms with van der Waals surface area (Å²) in [6, 6.07) is -0.867. The molecule has 1 rings (SSSR count). The molecule has 110 valence electrons. The van der Waals surface area contributed by atoms with Gasteiger partial charge in [-0.3, -0.25) is 4.79 Å². The number of methoxy groups -OCH3 is 1. The first-order valence-electron chi connectivity index (χ1n) is 6.92. The minimum absolute atomic E-state index is 0.164. The molecule has 2 N–H and O–H groups in total. The summed E-state index contributed by atoms with van der Waals surface area (Å²) >= 11 is 0. The molecule has 1 saturated carbocycles. The van der Waals surface area contributed by atoms with Crippen LogP contribution in [0.15, 0.2) is 0 Å². The molecule has 0 aliphatic heterocycles. The van der Waals surface area contributed by atoms with E-state index in [-0.39, 0.29) is 5.91 Å². The van der Waals surface area contributed by atoms with Crippen LogP contribution in [0.3, 0.4) is 0 Å². The molecule has 5 nitrogen and oxygen atoms in total. The van der Waals surface area contributed by atoms with Crippen molar-refractivity contribution >= 4 is 11.9 Å². The average Bonchev–Trinajstić information content (AvgIpc) is 2.87. The largest absolute Gasteiger partial charge is 0.480 e. The van der Waals surface area contributed by atoms with Gasteiger partial charge in [-0.25, -0.2) is 4.79 Å². The highest BCUT2D eigenvalue weighted by Gasteiger charge is 2.39. The van der Waals surface area contributed by atoms with E-state index in [9.17, 15) is 9.59 Å². The normalized spacial score (nSPS) is 18.3. The van der Waals surface area contributed by atoms with Gasteiger partial charge in [0.2, 0.25) is 5.91 Å². The zero-order valence-electron chi connectivity index (χ0n) is 12.1. The summed E-state index contributed by atoms with van der Waals surface area (Å²) in [6.45, 7) is 4.14. The number of hydrogen-bond donors (Lipinski definition) is 2. The zero-order chi connectivity index (χ0) is 14.5.